The van der Waals surface area contributed by atoms with Crippen LogP contribution in [0.15, 0.2) is 30.3 Å². The number of carbonyl (C=O) groups excluding carboxylic acids is 1. The van der Waals surface area contributed by atoms with E-state index in [1.165, 1.54) is 12.1 Å². The average Bonchev–Trinajstić information content (AvgIpc) is 3.12. The summed E-state index contributed by atoms with van der Waals surface area (Å²) in [4.78, 5) is 23.9. The number of ether oxygens (including phenoxy) is 1. The summed E-state index contributed by atoms with van der Waals surface area (Å²) >= 11 is 0. The molecule has 0 aliphatic heterocycles. The van der Waals surface area contributed by atoms with Gasteiger partial charge in [0.15, 0.2) is 0 Å². The van der Waals surface area contributed by atoms with E-state index in [4.69, 9.17) is 5.11 Å². The fraction of sp³-hybridized carbons (Fsp3) is 0.455. The van der Waals surface area contributed by atoms with Gasteiger partial charge in [-0.1, -0.05) is 13.0 Å². The number of nitrogens with one attached hydrogen (secondary N) is 1. The van der Waals surface area contributed by atoms with Gasteiger partial charge in [-0.05, 0) is 43.2 Å². The third-order valence-corrected chi connectivity index (χ3v) is 5.03. The van der Waals surface area contributed by atoms with E-state index in [0.717, 1.165) is 12.1 Å². The van der Waals surface area contributed by atoms with Gasteiger partial charge >= 0.3 is 18.3 Å². The molecule has 0 aliphatic rings. The van der Waals surface area contributed by atoms with Gasteiger partial charge in [-0.25, -0.2) is 0 Å². The number of anilines is 1. The van der Waals surface area contributed by atoms with Crippen LogP contribution in [0.2, 0.25) is 0 Å². The van der Waals surface area contributed by atoms with Crippen molar-refractivity contribution in [1.82, 2.24) is 4.57 Å². The van der Waals surface area contributed by atoms with Crippen LogP contribution in [0.1, 0.15) is 53.6 Å². The van der Waals surface area contributed by atoms with Crippen molar-refractivity contribution in [3.8, 4) is 0 Å². The number of amides is 1. The Kier molecular flexibility index (Phi) is 8.76. The summed E-state index contributed by atoms with van der Waals surface area (Å²) in [6.45, 7) is 1.88. The molecule has 0 aliphatic carbocycles. The molecule has 0 fully saturated rings. The molecular formula is C22H24F6N2O4. The molecule has 0 radical (unpaired) electrons. The van der Waals surface area contributed by atoms with Crippen LogP contribution >= 0.6 is 0 Å². The van der Waals surface area contributed by atoms with Crippen molar-refractivity contribution in [2.45, 2.75) is 51.5 Å². The largest absolute Gasteiger partial charge is 0.481 e. The predicted molar refractivity (Wildman–Crippen MR) is 111 cm³/mol. The van der Waals surface area contributed by atoms with E-state index in [9.17, 15) is 35.9 Å². The first kappa shape index (κ1) is 27.2. The second kappa shape index (κ2) is 10.9. The molecule has 1 heterocycles. The van der Waals surface area contributed by atoms with Crippen molar-refractivity contribution in [2.24, 2.45) is 0 Å². The van der Waals surface area contributed by atoms with Crippen LogP contribution in [-0.2, 0) is 28.5 Å². The van der Waals surface area contributed by atoms with Crippen molar-refractivity contribution >= 4 is 17.6 Å². The Hall–Kier alpha value is -3.02. The topological polar surface area (TPSA) is 80.6 Å². The molecule has 1 amide bonds. The maximum absolute atomic E-state index is 13.5. The SMILES string of the molecule is CC[C@H](C)n1c(CCOCC(F)(F)F)ccc1C(=O)Nc1cc(CC(=O)O)ccc1C(F)(F)F. The van der Waals surface area contributed by atoms with Gasteiger partial charge in [0, 0.05) is 18.2 Å². The minimum Gasteiger partial charge on any atom is -0.481 e. The van der Waals surface area contributed by atoms with Crippen LogP contribution in [0, 0.1) is 0 Å². The zero-order valence-corrected chi connectivity index (χ0v) is 18.4. The molecular weight excluding hydrogens is 470 g/mol. The number of aliphatic carboxylic acids is 1. The smallest absolute Gasteiger partial charge is 0.418 e. The van der Waals surface area contributed by atoms with Gasteiger partial charge in [0.25, 0.3) is 5.91 Å². The zero-order valence-electron chi connectivity index (χ0n) is 18.4. The quantitative estimate of drug-likeness (QED) is 0.339. The number of rotatable bonds is 10. The van der Waals surface area contributed by atoms with Gasteiger partial charge in [-0.2, -0.15) is 26.3 Å². The normalized spacial score (nSPS) is 13.1. The first-order valence-corrected chi connectivity index (χ1v) is 10.3. The fourth-order valence-electron chi connectivity index (χ4n) is 3.36. The molecule has 2 N–H and O–H groups in total. The van der Waals surface area contributed by atoms with Crippen LogP contribution in [0.25, 0.3) is 0 Å². The lowest BCUT2D eigenvalue weighted by atomic mass is 10.1. The Morgan fingerprint density at radius 2 is 1.79 bits per heavy atom. The Bertz CT molecular complexity index is 1010. The summed E-state index contributed by atoms with van der Waals surface area (Å²) in [7, 11) is 0. The van der Waals surface area contributed by atoms with Gasteiger partial charge in [-0.15, -0.1) is 0 Å². The Morgan fingerprint density at radius 3 is 2.35 bits per heavy atom. The number of carbonyl (C=O) groups is 2. The third kappa shape index (κ3) is 7.51. The summed E-state index contributed by atoms with van der Waals surface area (Å²) in [5.41, 5.74) is -1.18. The maximum atomic E-state index is 13.5. The fourth-order valence-corrected chi connectivity index (χ4v) is 3.36. The van der Waals surface area contributed by atoms with Crippen LogP contribution in [0.3, 0.4) is 0 Å². The van der Waals surface area contributed by atoms with Crippen molar-refractivity contribution < 1.29 is 45.8 Å². The number of nitrogens with zero attached hydrogens (tertiary/aromatic N) is 1. The standard InChI is InChI=1S/C22H24F6N2O4/c1-3-13(2)30-15(8-9-34-12-21(23,24)25)5-7-18(30)20(33)29-17-10-14(11-19(31)32)4-6-16(17)22(26,27)28/h4-7,10,13H,3,8-9,11-12H2,1-2H3,(H,29,33)(H,31,32)/t13-/m0/s1. The first-order valence-electron chi connectivity index (χ1n) is 10.3. The second-order valence-corrected chi connectivity index (χ2v) is 7.66. The molecule has 0 bridgehead atoms. The number of halogens is 6. The number of hydrogen-bond donors (Lipinski definition) is 2. The molecule has 1 aromatic carbocycles. The lowest BCUT2D eigenvalue weighted by Gasteiger charge is -2.20. The molecule has 0 saturated heterocycles. The van der Waals surface area contributed by atoms with Gasteiger partial charge in [-0.3, -0.25) is 9.59 Å². The average molecular weight is 494 g/mol. The Labute approximate surface area is 191 Å². The minimum atomic E-state index is -4.80. The molecule has 2 aromatic rings. The van der Waals surface area contributed by atoms with Crippen molar-refractivity contribution in [1.29, 1.82) is 0 Å². The highest BCUT2D eigenvalue weighted by Gasteiger charge is 2.34. The van der Waals surface area contributed by atoms with Gasteiger partial charge in [0.1, 0.15) is 12.3 Å². The highest BCUT2D eigenvalue weighted by molar-refractivity contribution is 6.04. The number of benzene rings is 1. The Morgan fingerprint density at radius 1 is 1.12 bits per heavy atom. The maximum Gasteiger partial charge on any atom is 0.418 e. The van der Waals surface area contributed by atoms with E-state index in [0.29, 0.717) is 18.2 Å². The van der Waals surface area contributed by atoms with Crippen LogP contribution in [-0.4, -0.2) is 40.9 Å². The number of aromatic nitrogens is 1. The molecule has 188 valence electrons. The molecule has 0 unspecified atom stereocenters. The highest BCUT2D eigenvalue weighted by atomic mass is 19.4. The van der Waals surface area contributed by atoms with E-state index in [2.05, 4.69) is 10.1 Å². The number of carboxylic acids is 1. The number of hydrogen-bond acceptors (Lipinski definition) is 3. The predicted octanol–water partition coefficient (Wildman–Crippen LogP) is 5.48. The lowest BCUT2D eigenvalue weighted by Crippen LogP contribution is -2.23. The molecule has 1 aromatic heterocycles. The summed E-state index contributed by atoms with van der Waals surface area (Å²) in [6.07, 6.45) is -9.23. The summed E-state index contributed by atoms with van der Waals surface area (Å²) < 4.78 is 83.4. The summed E-state index contributed by atoms with van der Waals surface area (Å²) in [5, 5.41) is 11.1. The molecule has 34 heavy (non-hydrogen) atoms. The number of carboxylic acid groups (broad SMARTS) is 1. The van der Waals surface area contributed by atoms with Crippen molar-refractivity contribution in [3.63, 3.8) is 0 Å². The zero-order chi connectivity index (χ0) is 25.7. The molecule has 12 heteroatoms. The second-order valence-electron chi connectivity index (χ2n) is 7.66. The van der Waals surface area contributed by atoms with E-state index in [1.54, 1.807) is 11.5 Å². The van der Waals surface area contributed by atoms with Crippen LogP contribution in [0.4, 0.5) is 32.0 Å². The van der Waals surface area contributed by atoms with E-state index < -0.39 is 48.5 Å². The minimum absolute atomic E-state index is 0.0110. The van der Waals surface area contributed by atoms with Crippen molar-refractivity contribution in [2.75, 3.05) is 18.5 Å². The molecule has 6 nitrogen and oxygen atoms in total. The van der Waals surface area contributed by atoms with Crippen molar-refractivity contribution in [3.05, 3.63) is 52.8 Å². The van der Waals surface area contributed by atoms with Gasteiger partial charge < -0.3 is 19.7 Å². The van der Waals surface area contributed by atoms with Gasteiger partial charge in [0.2, 0.25) is 0 Å². The monoisotopic (exact) mass is 494 g/mol. The summed E-state index contributed by atoms with van der Waals surface area (Å²) in [5.74, 6) is -2.12. The number of alkyl halides is 6. The first-order chi connectivity index (χ1) is 15.7. The van der Waals surface area contributed by atoms with Gasteiger partial charge in [0.05, 0.1) is 24.3 Å². The lowest BCUT2D eigenvalue weighted by molar-refractivity contribution is -0.173. The third-order valence-electron chi connectivity index (χ3n) is 5.03. The molecule has 0 spiro atoms. The van der Waals surface area contributed by atoms with E-state index >= 15 is 0 Å². The summed E-state index contributed by atoms with van der Waals surface area (Å²) in [6, 6.07) is 5.27. The molecule has 1 atom stereocenters. The van der Waals surface area contributed by atoms with Crippen LogP contribution in [0.5, 0.6) is 0 Å². The Balaban J connectivity index is 2.33. The van der Waals surface area contributed by atoms with E-state index in [-0.39, 0.29) is 30.3 Å². The van der Waals surface area contributed by atoms with E-state index in [1.807, 2.05) is 6.92 Å². The molecule has 0 saturated carbocycles. The highest BCUT2D eigenvalue weighted by Crippen LogP contribution is 2.36. The molecule has 2 rings (SSSR count). The van der Waals surface area contributed by atoms with Crippen LogP contribution < -0.4 is 5.32 Å².